The standard InChI is InChI=1S/C48H31NSi/c1-2-17-37(18-3-1)50-38-27-28-43-44(31-38)48(42-22-7-6-21-41(42)47(43)35-26-25-32-13-4-5-14-33(32)29-35)34-15-12-16-36(30-34)49-45-23-10-8-19-39(45)40-20-9-11-24-46(40)49/h1-31H. The number of aromatic nitrogens is 1. The summed E-state index contributed by atoms with van der Waals surface area (Å²) in [6.45, 7) is 0. The summed E-state index contributed by atoms with van der Waals surface area (Å²) in [6.07, 6.45) is 0. The summed E-state index contributed by atoms with van der Waals surface area (Å²) < 4.78 is 2.42. The Labute approximate surface area is 293 Å². The molecule has 0 atom stereocenters. The van der Waals surface area contributed by atoms with E-state index in [0.29, 0.717) is 9.52 Å². The summed E-state index contributed by atoms with van der Waals surface area (Å²) in [5.41, 5.74) is 8.64. The fourth-order valence-corrected chi connectivity index (χ4v) is 8.99. The molecule has 0 N–H and O–H groups in total. The largest absolute Gasteiger partial charge is 0.309 e. The van der Waals surface area contributed by atoms with Gasteiger partial charge in [-0.2, -0.15) is 0 Å². The van der Waals surface area contributed by atoms with Gasteiger partial charge in [0, 0.05) is 16.5 Å². The van der Waals surface area contributed by atoms with Gasteiger partial charge < -0.3 is 4.57 Å². The lowest BCUT2D eigenvalue weighted by molar-refractivity contribution is 1.18. The normalized spacial score (nSPS) is 11.7. The third kappa shape index (κ3) is 4.68. The van der Waals surface area contributed by atoms with Gasteiger partial charge in [0.1, 0.15) is 9.52 Å². The van der Waals surface area contributed by atoms with Crippen molar-refractivity contribution in [2.45, 2.75) is 0 Å². The number of para-hydroxylation sites is 2. The van der Waals surface area contributed by atoms with Crippen molar-refractivity contribution < 1.29 is 0 Å². The third-order valence-corrected chi connectivity index (χ3v) is 11.3. The van der Waals surface area contributed by atoms with Crippen molar-refractivity contribution in [1.82, 2.24) is 4.57 Å². The van der Waals surface area contributed by atoms with Gasteiger partial charge in [-0.25, -0.2) is 0 Å². The highest BCUT2D eigenvalue weighted by Gasteiger charge is 2.19. The summed E-state index contributed by atoms with van der Waals surface area (Å²) in [7, 11) is 0.575. The van der Waals surface area contributed by atoms with Crippen LogP contribution < -0.4 is 10.4 Å². The molecular formula is C48H31NSi. The van der Waals surface area contributed by atoms with Gasteiger partial charge in [0.2, 0.25) is 0 Å². The SMILES string of the molecule is c1ccc([Si]c2ccc3c(-c4ccc5ccccc5c4)c4ccccc4c(-c4cccc(-n5c6ccccc6c6ccccc65)c4)c3c2)cc1. The molecule has 0 amide bonds. The third-order valence-electron chi connectivity index (χ3n) is 10.1. The summed E-state index contributed by atoms with van der Waals surface area (Å²) >= 11 is 0. The van der Waals surface area contributed by atoms with E-state index in [4.69, 9.17) is 0 Å². The minimum absolute atomic E-state index is 0.575. The Kier molecular flexibility index (Phi) is 6.75. The molecule has 1 aromatic heterocycles. The lowest BCUT2D eigenvalue weighted by Crippen LogP contribution is -2.26. The molecule has 0 saturated carbocycles. The Balaban J connectivity index is 1.27. The van der Waals surface area contributed by atoms with Crippen LogP contribution in [0.4, 0.5) is 0 Å². The molecule has 1 heterocycles. The van der Waals surface area contributed by atoms with E-state index in [9.17, 15) is 0 Å². The van der Waals surface area contributed by atoms with E-state index in [0.717, 1.165) is 5.69 Å². The topological polar surface area (TPSA) is 4.93 Å². The molecule has 10 rings (SSSR count). The van der Waals surface area contributed by atoms with Gasteiger partial charge in [-0.3, -0.25) is 0 Å². The first-order valence-electron chi connectivity index (χ1n) is 17.2. The maximum atomic E-state index is 2.46. The molecule has 1 nitrogen and oxygen atoms in total. The summed E-state index contributed by atoms with van der Waals surface area (Å²) in [6, 6.07) is 69.2. The molecule has 0 bridgehead atoms. The van der Waals surface area contributed by atoms with Crippen molar-refractivity contribution in [3.63, 3.8) is 0 Å². The zero-order chi connectivity index (χ0) is 33.0. The number of hydrogen-bond acceptors (Lipinski definition) is 0. The summed E-state index contributed by atoms with van der Waals surface area (Å²) in [5.74, 6) is 0. The molecule has 0 spiro atoms. The maximum absolute atomic E-state index is 2.46. The van der Waals surface area contributed by atoms with E-state index in [1.165, 1.54) is 86.8 Å². The molecule has 0 aliphatic carbocycles. The van der Waals surface area contributed by atoms with Crippen LogP contribution in [0.5, 0.6) is 0 Å². The van der Waals surface area contributed by atoms with Crippen LogP contribution in [0.1, 0.15) is 0 Å². The molecule has 2 radical (unpaired) electrons. The van der Waals surface area contributed by atoms with Crippen molar-refractivity contribution in [3.05, 3.63) is 188 Å². The van der Waals surface area contributed by atoms with E-state index in [-0.39, 0.29) is 0 Å². The molecule has 2 heteroatoms. The van der Waals surface area contributed by atoms with Crippen LogP contribution in [0.3, 0.4) is 0 Å². The van der Waals surface area contributed by atoms with Crippen molar-refractivity contribution >= 4 is 74.0 Å². The summed E-state index contributed by atoms with van der Waals surface area (Å²) in [5, 5.41) is 12.8. The van der Waals surface area contributed by atoms with Gasteiger partial charge in [-0.05, 0) is 84.9 Å². The van der Waals surface area contributed by atoms with Crippen molar-refractivity contribution in [3.8, 4) is 27.9 Å². The lowest BCUT2D eigenvalue weighted by Gasteiger charge is -2.19. The first-order chi connectivity index (χ1) is 24.8. The van der Waals surface area contributed by atoms with Gasteiger partial charge in [0.25, 0.3) is 0 Å². The van der Waals surface area contributed by atoms with Gasteiger partial charge in [-0.15, -0.1) is 0 Å². The highest BCUT2D eigenvalue weighted by Crippen LogP contribution is 2.44. The molecular weight excluding hydrogens is 619 g/mol. The number of benzene rings is 9. The molecule has 0 aliphatic rings. The van der Waals surface area contributed by atoms with E-state index in [1.807, 2.05) is 0 Å². The Morgan fingerprint density at radius 3 is 1.64 bits per heavy atom. The van der Waals surface area contributed by atoms with Crippen LogP contribution >= 0.6 is 0 Å². The van der Waals surface area contributed by atoms with Gasteiger partial charge in [0.05, 0.1) is 11.0 Å². The van der Waals surface area contributed by atoms with Crippen LogP contribution in [-0.4, -0.2) is 14.1 Å². The van der Waals surface area contributed by atoms with Crippen molar-refractivity contribution in [2.24, 2.45) is 0 Å². The van der Waals surface area contributed by atoms with E-state index in [1.54, 1.807) is 0 Å². The Morgan fingerprint density at radius 2 is 0.900 bits per heavy atom. The van der Waals surface area contributed by atoms with Crippen LogP contribution in [0.25, 0.3) is 82.1 Å². The Morgan fingerprint density at radius 1 is 0.320 bits per heavy atom. The quantitative estimate of drug-likeness (QED) is 0.129. The summed E-state index contributed by atoms with van der Waals surface area (Å²) in [4.78, 5) is 0. The zero-order valence-corrected chi connectivity index (χ0v) is 28.3. The van der Waals surface area contributed by atoms with Crippen molar-refractivity contribution in [1.29, 1.82) is 0 Å². The lowest BCUT2D eigenvalue weighted by atomic mass is 9.85. The monoisotopic (exact) mass is 649 g/mol. The van der Waals surface area contributed by atoms with Crippen LogP contribution in [0, 0.1) is 0 Å². The molecule has 0 unspecified atom stereocenters. The van der Waals surface area contributed by atoms with Gasteiger partial charge >= 0.3 is 0 Å². The number of fused-ring (bicyclic) bond motifs is 6. The van der Waals surface area contributed by atoms with Gasteiger partial charge in [0.15, 0.2) is 0 Å². The predicted molar refractivity (Wildman–Crippen MR) is 216 cm³/mol. The second-order valence-corrected chi connectivity index (χ2v) is 14.4. The van der Waals surface area contributed by atoms with Crippen LogP contribution in [0.2, 0.25) is 0 Å². The highest BCUT2D eigenvalue weighted by molar-refractivity contribution is 6.67. The number of nitrogens with zero attached hydrogens (tertiary/aromatic N) is 1. The molecule has 0 saturated heterocycles. The maximum Gasteiger partial charge on any atom is 0.121 e. The average molecular weight is 650 g/mol. The molecule has 232 valence electrons. The Hall–Kier alpha value is -6.22. The van der Waals surface area contributed by atoms with Crippen LogP contribution in [-0.2, 0) is 0 Å². The molecule has 0 aliphatic heterocycles. The average Bonchev–Trinajstić information content (AvgIpc) is 3.52. The minimum atomic E-state index is 0.575. The van der Waals surface area contributed by atoms with E-state index >= 15 is 0 Å². The molecule has 0 fully saturated rings. The van der Waals surface area contributed by atoms with E-state index < -0.39 is 0 Å². The molecule has 50 heavy (non-hydrogen) atoms. The second kappa shape index (κ2) is 11.7. The van der Waals surface area contributed by atoms with Crippen LogP contribution in [0.15, 0.2) is 188 Å². The van der Waals surface area contributed by atoms with E-state index in [2.05, 4.69) is 193 Å². The number of rotatable bonds is 5. The first-order valence-corrected chi connectivity index (χ1v) is 18.2. The first kappa shape index (κ1) is 28.8. The number of hydrogen-bond donors (Lipinski definition) is 0. The van der Waals surface area contributed by atoms with Crippen molar-refractivity contribution in [2.75, 3.05) is 0 Å². The zero-order valence-electron chi connectivity index (χ0n) is 27.3. The highest BCUT2D eigenvalue weighted by atomic mass is 28.2. The minimum Gasteiger partial charge on any atom is -0.309 e. The smallest absolute Gasteiger partial charge is 0.121 e. The predicted octanol–water partition coefficient (Wildman–Crippen LogP) is 11.2. The second-order valence-electron chi connectivity index (χ2n) is 13.0. The molecule has 9 aromatic carbocycles. The van der Waals surface area contributed by atoms with Gasteiger partial charge in [-0.1, -0.05) is 168 Å². The molecule has 10 aromatic rings. The fraction of sp³-hybridized carbons (Fsp3) is 0. The Bertz CT molecular complexity index is 2850. The fourth-order valence-electron chi connectivity index (χ4n) is 7.91.